The molecule has 0 aromatic carbocycles. The maximum atomic E-state index is 13.0. The molecule has 0 aliphatic carbocycles. The third kappa shape index (κ3) is 47.0. The van der Waals surface area contributed by atoms with Crippen molar-refractivity contribution in [3.63, 3.8) is 0 Å². The van der Waals surface area contributed by atoms with Crippen molar-refractivity contribution < 1.29 is 49.3 Å². The smallest absolute Gasteiger partial charge is 0.305 e. The van der Waals surface area contributed by atoms with Gasteiger partial charge in [-0.1, -0.05) is 262 Å². The monoisotopic (exact) mass is 1130 g/mol. The Morgan fingerprint density at radius 3 is 1.27 bits per heavy atom. The van der Waals surface area contributed by atoms with Crippen LogP contribution in [0.25, 0.3) is 0 Å². The Hall–Kier alpha value is -2.38. The summed E-state index contributed by atoms with van der Waals surface area (Å²) in [6, 6.07) is -0.814. The zero-order valence-electron chi connectivity index (χ0n) is 51.8. The first kappa shape index (κ1) is 75.6. The summed E-state index contributed by atoms with van der Waals surface area (Å²) in [6.45, 7) is 4.32. The molecule has 80 heavy (non-hydrogen) atoms. The summed E-state index contributed by atoms with van der Waals surface area (Å²) >= 11 is 0. The van der Waals surface area contributed by atoms with Crippen LogP contribution in [0.3, 0.4) is 0 Å². The summed E-state index contributed by atoms with van der Waals surface area (Å²) in [7, 11) is 0. The van der Waals surface area contributed by atoms with Gasteiger partial charge in [0.25, 0.3) is 0 Å². The average molecular weight is 1130 g/mol. The fraction of sp³-hybridized carbons (Fsp3) is 0.855. The van der Waals surface area contributed by atoms with Gasteiger partial charge in [-0.25, -0.2) is 0 Å². The second-order valence-electron chi connectivity index (χ2n) is 23.5. The van der Waals surface area contributed by atoms with Crippen LogP contribution in [0.5, 0.6) is 0 Å². The van der Waals surface area contributed by atoms with Crippen molar-refractivity contribution >= 4 is 11.9 Å². The number of nitrogens with one attached hydrogen (secondary N) is 1. The van der Waals surface area contributed by atoms with Gasteiger partial charge < -0.3 is 45.1 Å². The minimum absolute atomic E-state index is 0.00463. The predicted octanol–water partition coefficient (Wildman–Crippen LogP) is 16.8. The van der Waals surface area contributed by atoms with Crippen molar-refractivity contribution in [3.8, 4) is 0 Å². The summed E-state index contributed by atoms with van der Waals surface area (Å²) in [5.74, 6) is -0.195. The van der Waals surface area contributed by atoms with Gasteiger partial charge in [-0.2, -0.15) is 0 Å². The number of unbranched alkanes of at least 4 members (excludes halogenated alkanes) is 39. The molecule has 1 fully saturated rings. The Bertz CT molecular complexity index is 1470. The molecular formula is C69H127NO10. The topological polar surface area (TPSA) is 175 Å². The molecule has 0 spiro atoms. The second-order valence-corrected chi connectivity index (χ2v) is 23.5. The zero-order chi connectivity index (χ0) is 58.0. The summed E-state index contributed by atoms with van der Waals surface area (Å²) in [5.41, 5.74) is 0. The third-order valence-electron chi connectivity index (χ3n) is 15.9. The van der Waals surface area contributed by atoms with Crippen LogP contribution in [0.2, 0.25) is 0 Å². The molecule has 0 radical (unpaired) electrons. The van der Waals surface area contributed by atoms with Crippen molar-refractivity contribution in [2.24, 2.45) is 0 Å². The van der Waals surface area contributed by atoms with Crippen LogP contribution in [0.1, 0.15) is 316 Å². The molecule has 0 aromatic heterocycles. The number of aliphatic hydroxyl groups is 5. The molecule has 1 heterocycles. The Morgan fingerprint density at radius 2 is 0.838 bits per heavy atom. The Morgan fingerprint density at radius 1 is 0.463 bits per heavy atom. The van der Waals surface area contributed by atoms with Crippen LogP contribution < -0.4 is 5.32 Å². The minimum atomic E-state index is -1.57. The Labute approximate surface area is 491 Å². The van der Waals surface area contributed by atoms with E-state index in [0.717, 1.165) is 83.5 Å². The van der Waals surface area contributed by atoms with E-state index >= 15 is 0 Å². The maximum absolute atomic E-state index is 13.0. The van der Waals surface area contributed by atoms with Crippen LogP contribution in [-0.4, -0.2) is 100 Å². The number of carbonyl (C=O) groups excluding carboxylic acids is 2. The fourth-order valence-corrected chi connectivity index (χ4v) is 10.5. The molecule has 6 N–H and O–H groups in total. The molecule has 7 atom stereocenters. The quantitative estimate of drug-likeness (QED) is 0.0195. The van der Waals surface area contributed by atoms with Gasteiger partial charge in [0.2, 0.25) is 5.91 Å². The summed E-state index contributed by atoms with van der Waals surface area (Å²) in [6.07, 6.45) is 65.3. The van der Waals surface area contributed by atoms with Gasteiger partial charge in [-0.3, -0.25) is 9.59 Å². The van der Waals surface area contributed by atoms with Gasteiger partial charge in [0.15, 0.2) is 6.29 Å². The number of aliphatic hydroxyl groups excluding tert-OH is 5. The predicted molar refractivity (Wildman–Crippen MR) is 334 cm³/mol. The minimum Gasteiger partial charge on any atom is -0.466 e. The first-order valence-corrected chi connectivity index (χ1v) is 33.9. The number of rotatable bonds is 59. The number of allylic oxidation sites excluding steroid dienone is 7. The highest BCUT2D eigenvalue weighted by molar-refractivity contribution is 5.76. The molecule has 0 saturated carbocycles. The molecular weight excluding hydrogens is 1000 g/mol. The summed E-state index contributed by atoms with van der Waals surface area (Å²) < 4.78 is 16.7. The lowest BCUT2D eigenvalue weighted by Crippen LogP contribution is -2.60. The van der Waals surface area contributed by atoms with Crippen LogP contribution >= 0.6 is 0 Å². The van der Waals surface area contributed by atoms with Gasteiger partial charge >= 0.3 is 5.97 Å². The molecule has 1 aliphatic heterocycles. The highest BCUT2D eigenvalue weighted by atomic mass is 16.7. The van der Waals surface area contributed by atoms with E-state index in [0.29, 0.717) is 19.4 Å². The summed E-state index contributed by atoms with van der Waals surface area (Å²) in [5, 5.41) is 54.2. The number of hydrogen-bond acceptors (Lipinski definition) is 10. The largest absolute Gasteiger partial charge is 0.466 e. The Balaban J connectivity index is 1.96. The lowest BCUT2D eigenvalue weighted by atomic mass is 9.99. The number of carbonyl (C=O) groups is 2. The van der Waals surface area contributed by atoms with Gasteiger partial charge in [-0.05, 0) is 89.9 Å². The molecule has 0 aromatic rings. The van der Waals surface area contributed by atoms with E-state index in [9.17, 15) is 35.1 Å². The zero-order valence-corrected chi connectivity index (χ0v) is 51.8. The van der Waals surface area contributed by atoms with Crippen LogP contribution in [0.4, 0.5) is 0 Å². The standard InChI is InChI=1S/C69H127NO10/c1-3-5-7-9-11-13-14-15-16-17-28-31-34-37-41-45-49-53-57-65(74)78-58-54-50-46-42-38-35-32-29-26-24-22-20-18-19-21-23-25-27-30-33-36-40-44-48-52-56-64(73)70-61(62(72)55-51-47-43-39-12-10-8-6-4-2)60-79-69-68(77)67(76)66(75)63(59-71)80-69/h16-17,19-22,51,55,61-63,66-69,71-72,75-77H,3-15,18,23-50,52-54,56-60H2,1-2H3,(H,70,73)/b17-16-,21-19-,22-20-,55-51+. The van der Waals surface area contributed by atoms with Crippen LogP contribution in [-0.2, 0) is 23.8 Å². The van der Waals surface area contributed by atoms with E-state index in [4.69, 9.17) is 14.2 Å². The Kier molecular flexibility index (Phi) is 55.2. The maximum Gasteiger partial charge on any atom is 0.305 e. The summed E-state index contributed by atoms with van der Waals surface area (Å²) in [4.78, 5) is 25.1. The van der Waals surface area contributed by atoms with Crippen molar-refractivity contribution in [1.82, 2.24) is 5.32 Å². The number of esters is 1. The normalized spacial score (nSPS) is 18.6. The molecule has 11 nitrogen and oxygen atoms in total. The van der Waals surface area contributed by atoms with E-state index in [1.54, 1.807) is 6.08 Å². The molecule has 11 heteroatoms. The SMILES string of the molecule is CCCCCCCCC/C=C\CCCCCCCCCC(=O)OCCCCCCCCCCC/C=C\C/C=C\CCCCCCCCCCCC(=O)NC(COC1OC(CO)C(O)C(O)C1O)C(O)/C=C/CCCCCCCCC. The molecule has 7 unspecified atom stereocenters. The average Bonchev–Trinajstić information content (AvgIpc) is 3.46. The van der Waals surface area contributed by atoms with E-state index in [2.05, 4.69) is 55.6 Å². The van der Waals surface area contributed by atoms with Crippen LogP contribution in [0, 0.1) is 0 Å². The number of amides is 1. The molecule has 468 valence electrons. The molecule has 1 aliphatic rings. The lowest BCUT2D eigenvalue weighted by Gasteiger charge is -2.40. The van der Waals surface area contributed by atoms with E-state index in [-0.39, 0.29) is 18.5 Å². The third-order valence-corrected chi connectivity index (χ3v) is 15.9. The molecule has 1 amide bonds. The number of ether oxygens (including phenoxy) is 3. The second kappa shape index (κ2) is 58.4. The van der Waals surface area contributed by atoms with Crippen LogP contribution in [0.15, 0.2) is 48.6 Å². The first-order valence-electron chi connectivity index (χ1n) is 33.9. The molecule has 0 bridgehead atoms. The first-order chi connectivity index (χ1) is 39.2. The van der Waals surface area contributed by atoms with E-state index < -0.39 is 49.5 Å². The van der Waals surface area contributed by atoms with E-state index in [1.807, 2.05) is 6.08 Å². The highest BCUT2D eigenvalue weighted by Crippen LogP contribution is 2.23. The van der Waals surface area contributed by atoms with E-state index in [1.165, 1.54) is 205 Å². The lowest BCUT2D eigenvalue weighted by molar-refractivity contribution is -0.302. The fourth-order valence-electron chi connectivity index (χ4n) is 10.5. The molecule has 1 rings (SSSR count). The molecule has 1 saturated heterocycles. The van der Waals surface area contributed by atoms with Gasteiger partial charge in [0, 0.05) is 12.8 Å². The van der Waals surface area contributed by atoms with Gasteiger partial charge in [-0.15, -0.1) is 0 Å². The van der Waals surface area contributed by atoms with Crippen molar-refractivity contribution in [2.75, 3.05) is 19.8 Å². The van der Waals surface area contributed by atoms with Gasteiger partial charge in [0.1, 0.15) is 24.4 Å². The van der Waals surface area contributed by atoms with Gasteiger partial charge in [0.05, 0.1) is 32.0 Å². The highest BCUT2D eigenvalue weighted by Gasteiger charge is 2.44. The number of hydrogen-bond donors (Lipinski definition) is 6. The van der Waals surface area contributed by atoms with Crippen molar-refractivity contribution in [1.29, 1.82) is 0 Å². The van der Waals surface area contributed by atoms with Crippen molar-refractivity contribution in [2.45, 2.75) is 358 Å². The van der Waals surface area contributed by atoms with Crippen molar-refractivity contribution in [3.05, 3.63) is 48.6 Å².